The monoisotopic (exact) mass is 374 g/mol. The van der Waals surface area contributed by atoms with Gasteiger partial charge in [0, 0.05) is 11.8 Å². The Hall–Kier alpha value is -3.10. The Balaban J connectivity index is 2.04. The second-order valence-electron chi connectivity index (χ2n) is 5.10. The van der Waals surface area contributed by atoms with Crippen molar-refractivity contribution in [1.29, 1.82) is 0 Å². The highest BCUT2D eigenvalue weighted by Gasteiger charge is 2.13. The maximum Gasteiger partial charge on any atom is 0.267 e. The van der Waals surface area contributed by atoms with Crippen LogP contribution in [0.2, 0.25) is 0 Å². The van der Waals surface area contributed by atoms with Gasteiger partial charge in [-0.15, -0.1) is 0 Å². The van der Waals surface area contributed by atoms with E-state index < -0.39 is 15.9 Å². The lowest BCUT2D eigenvalue weighted by molar-refractivity contribution is -0.124. The molecular formula is C18H18N2O5S. The summed E-state index contributed by atoms with van der Waals surface area (Å²) in [6, 6.07) is 12.8. The number of ether oxygens (including phenoxy) is 1. The van der Waals surface area contributed by atoms with Gasteiger partial charge in [-0.3, -0.25) is 14.7 Å². The fourth-order valence-corrected chi connectivity index (χ4v) is 3.04. The van der Waals surface area contributed by atoms with Gasteiger partial charge in [-0.2, -0.15) is 0 Å². The maximum atomic E-state index is 12.4. The smallest absolute Gasteiger partial charge is 0.267 e. The van der Waals surface area contributed by atoms with Crippen LogP contribution >= 0.6 is 0 Å². The maximum absolute atomic E-state index is 12.4. The molecule has 0 bridgehead atoms. The van der Waals surface area contributed by atoms with Crippen LogP contribution in [0.3, 0.4) is 0 Å². The number of sulfonamides is 1. The summed E-state index contributed by atoms with van der Waals surface area (Å²) in [5.74, 6) is -0.0523. The largest absolute Gasteiger partial charge is 0.497 e. The van der Waals surface area contributed by atoms with Crippen LogP contribution in [0.4, 0.5) is 5.69 Å². The van der Waals surface area contributed by atoms with Crippen LogP contribution in [-0.2, 0) is 14.8 Å². The number of hydroxylamine groups is 1. The van der Waals surface area contributed by atoms with Gasteiger partial charge in [0.05, 0.1) is 12.0 Å². The van der Waals surface area contributed by atoms with Crippen molar-refractivity contribution in [2.75, 3.05) is 11.8 Å². The Morgan fingerprint density at radius 3 is 2.27 bits per heavy atom. The number of benzene rings is 2. The van der Waals surface area contributed by atoms with E-state index in [0.29, 0.717) is 11.4 Å². The minimum absolute atomic E-state index is 0.134. The summed E-state index contributed by atoms with van der Waals surface area (Å²) in [6.45, 7) is 0. The van der Waals surface area contributed by atoms with Gasteiger partial charge in [0.1, 0.15) is 5.75 Å². The molecule has 136 valence electrons. The fraction of sp³-hybridized carbons (Fsp3) is 0.0556. The molecule has 0 aliphatic rings. The molecule has 2 rings (SSSR count). The van der Waals surface area contributed by atoms with E-state index in [1.807, 2.05) is 0 Å². The van der Waals surface area contributed by atoms with Crippen molar-refractivity contribution in [3.05, 3.63) is 72.3 Å². The van der Waals surface area contributed by atoms with Crippen LogP contribution in [0.25, 0.3) is 6.08 Å². The van der Waals surface area contributed by atoms with E-state index in [2.05, 4.69) is 4.72 Å². The SMILES string of the molecule is COc1ccc(S(=O)(=O)Nc2ccc(/C=C/C=C/C(=O)NO)cc2)cc1. The van der Waals surface area contributed by atoms with Crippen molar-refractivity contribution in [3.8, 4) is 5.75 Å². The lowest BCUT2D eigenvalue weighted by atomic mass is 10.2. The number of hydrogen-bond donors (Lipinski definition) is 3. The highest BCUT2D eigenvalue weighted by atomic mass is 32.2. The first-order valence-electron chi connectivity index (χ1n) is 7.50. The second-order valence-corrected chi connectivity index (χ2v) is 6.78. The van der Waals surface area contributed by atoms with E-state index in [1.165, 1.54) is 30.8 Å². The molecule has 0 spiro atoms. The van der Waals surface area contributed by atoms with Crippen LogP contribution in [0, 0.1) is 0 Å². The number of amides is 1. The Kier molecular flexibility index (Phi) is 6.54. The topological polar surface area (TPSA) is 105 Å². The first-order chi connectivity index (χ1) is 12.4. The van der Waals surface area contributed by atoms with E-state index in [9.17, 15) is 13.2 Å². The van der Waals surface area contributed by atoms with Crippen molar-refractivity contribution in [2.24, 2.45) is 0 Å². The summed E-state index contributed by atoms with van der Waals surface area (Å²) in [5, 5.41) is 8.35. The van der Waals surface area contributed by atoms with Crippen molar-refractivity contribution in [1.82, 2.24) is 5.48 Å². The molecule has 0 saturated heterocycles. The molecule has 0 radical (unpaired) electrons. The molecule has 0 heterocycles. The lowest BCUT2D eigenvalue weighted by Gasteiger charge is -2.09. The summed E-state index contributed by atoms with van der Waals surface area (Å²) in [7, 11) is -2.18. The third-order valence-electron chi connectivity index (χ3n) is 3.29. The predicted octanol–water partition coefficient (Wildman–Crippen LogP) is 2.57. The number of hydrogen-bond acceptors (Lipinski definition) is 5. The van der Waals surface area contributed by atoms with E-state index >= 15 is 0 Å². The van der Waals surface area contributed by atoms with Crippen molar-refractivity contribution >= 4 is 27.7 Å². The third-order valence-corrected chi connectivity index (χ3v) is 4.69. The average molecular weight is 374 g/mol. The first kappa shape index (κ1) is 19.2. The van der Waals surface area contributed by atoms with Crippen LogP contribution in [0.1, 0.15) is 5.56 Å². The first-order valence-corrected chi connectivity index (χ1v) is 8.98. The number of rotatable bonds is 7. The van der Waals surface area contributed by atoms with Gasteiger partial charge in [0.2, 0.25) is 0 Å². The van der Waals surface area contributed by atoms with Crippen LogP contribution in [-0.4, -0.2) is 26.6 Å². The van der Waals surface area contributed by atoms with Crippen molar-refractivity contribution < 1.29 is 23.2 Å². The van der Waals surface area contributed by atoms with Crippen LogP contribution < -0.4 is 14.9 Å². The molecule has 0 aromatic heterocycles. The molecule has 26 heavy (non-hydrogen) atoms. The summed E-state index contributed by atoms with van der Waals surface area (Å²) < 4.78 is 32.2. The van der Waals surface area contributed by atoms with Crippen molar-refractivity contribution in [2.45, 2.75) is 4.90 Å². The summed E-state index contributed by atoms with van der Waals surface area (Å²) in [6.07, 6.45) is 5.97. The molecule has 0 fully saturated rings. The van der Waals surface area contributed by atoms with Gasteiger partial charge in [0.15, 0.2) is 0 Å². The van der Waals surface area contributed by atoms with E-state index in [-0.39, 0.29) is 4.90 Å². The zero-order valence-corrected chi connectivity index (χ0v) is 14.7. The summed E-state index contributed by atoms with van der Waals surface area (Å²) in [4.78, 5) is 10.9. The number of methoxy groups -OCH3 is 1. The molecular weight excluding hydrogens is 356 g/mol. The summed E-state index contributed by atoms with van der Waals surface area (Å²) in [5.41, 5.74) is 2.72. The Morgan fingerprint density at radius 1 is 1.04 bits per heavy atom. The summed E-state index contributed by atoms with van der Waals surface area (Å²) >= 11 is 0. The molecule has 0 atom stereocenters. The highest BCUT2D eigenvalue weighted by molar-refractivity contribution is 7.92. The van der Waals surface area contributed by atoms with Crippen LogP contribution in [0.15, 0.2) is 71.7 Å². The van der Waals surface area contributed by atoms with Gasteiger partial charge in [-0.1, -0.05) is 30.4 Å². The third kappa shape index (κ3) is 5.47. The number of allylic oxidation sites excluding steroid dienone is 2. The average Bonchev–Trinajstić information content (AvgIpc) is 2.66. The molecule has 0 aliphatic heterocycles. The molecule has 0 unspecified atom stereocenters. The van der Waals surface area contributed by atoms with E-state index in [1.54, 1.807) is 48.6 Å². The molecule has 2 aromatic rings. The highest BCUT2D eigenvalue weighted by Crippen LogP contribution is 2.19. The van der Waals surface area contributed by atoms with Gasteiger partial charge in [0.25, 0.3) is 15.9 Å². The quantitative estimate of drug-likeness (QED) is 0.299. The molecule has 0 aliphatic carbocycles. The minimum Gasteiger partial charge on any atom is -0.497 e. The lowest BCUT2D eigenvalue weighted by Crippen LogP contribution is -2.14. The van der Waals surface area contributed by atoms with E-state index in [0.717, 1.165) is 11.6 Å². The zero-order chi connectivity index (χ0) is 19.0. The molecule has 0 saturated carbocycles. The van der Waals surface area contributed by atoms with Gasteiger partial charge >= 0.3 is 0 Å². The molecule has 3 N–H and O–H groups in total. The standard InChI is InChI=1S/C18H18N2O5S/c1-25-16-10-12-17(13-11-16)26(23,24)20-15-8-6-14(7-9-15)4-2-3-5-18(21)19-22/h2-13,20,22H,1H3,(H,19,21)/b4-2+,5-3+. The Morgan fingerprint density at radius 2 is 1.69 bits per heavy atom. The van der Waals surface area contributed by atoms with Gasteiger partial charge < -0.3 is 4.74 Å². The number of carbonyl (C=O) groups is 1. The number of carbonyl (C=O) groups excluding carboxylic acids is 1. The van der Waals surface area contributed by atoms with Crippen molar-refractivity contribution in [3.63, 3.8) is 0 Å². The van der Waals surface area contributed by atoms with Gasteiger partial charge in [-0.25, -0.2) is 13.9 Å². The van der Waals surface area contributed by atoms with Crippen LogP contribution in [0.5, 0.6) is 5.75 Å². The van der Waals surface area contributed by atoms with Gasteiger partial charge in [-0.05, 0) is 42.0 Å². The minimum atomic E-state index is -3.69. The normalized spacial score (nSPS) is 11.6. The Labute approximate surface area is 151 Å². The Bertz CT molecular complexity index is 902. The predicted molar refractivity (Wildman–Crippen MR) is 98.3 cm³/mol. The molecule has 8 heteroatoms. The fourth-order valence-electron chi connectivity index (χ4n) is 1.98. The zero-order valence-electron chi connectivity index (χ0n) is 13.9. The molecule has 1 amide bonds. The number of anilines is 1. The second kappa shape index (κ2) is 8.84. The molecule has 2 aromatic carbocycles. The number of nitrogens with one attached hydrogen (secondary N) is 2. The molecule has 7 nitrogen and oxygen atoms in total. The van der Waals surface area contributed by atoms with E-state index in [4.69, 9.17) is 9.94 Å².